The van der Waals surface area contributed by atoms with Gasteiger partial charge in [-0.25, -0.2) is 0 Å². The summed E-state index contributed by atoms with van der Waals surface area (Å²) in [6.07, 6.45) is 10.1. The Morgan fingerprint density at radius 3 is 2.50 bits per heavy atom. The van der Waals surface area contributed by atoms with E-state index in [1.165, 1.54) is 63.8 Å². The molecule has 1 heterocycles. The summed E-state index contributed by atoms with van der Waals surface area (Å²) >= 11 is 2.06. The van der Waals surface area contributed by atoms with Crippen molar-refractivity contribution in [3.63, 3.8) is 0 Å². The van der Waals surface area contributed by atoms with E-state index in [-0.39, 0.29) is 0 Å². The first kappa shape index (κ1) is 15.6. The normalized spacial score (nSPS) is 23.6. The molecule has 0 fully saturated rings. The minimum absolute atomic E-state index is 0.566. The van der Waals surface area contributed by atoms with E-state index in [1.807, 2.05) is 0 Å². The van der Waals surface area contributed by atoms with Crippen molar-refractivity contribution in [1.29, 1.82) is 0 Å². The highest BCUT2D eigenvalue weighted by molar-refractivity contribution is 8.03. The van der Waals surface area contributed by atoms with E-state index in [0.717, 1.165) is 0 Å². The zero-order chi connectivity index (χ0) is 18.4. The monoisotopic (exact) mass is 378 g/mol. The fourth-order valence-corrected chi connectivity index (χ4v) is 7.30. The fourth-order valence-electron chi connectivity index (χ4n) is 5.98. The molecule has 4 aliphatic rings. The van der Waals surface area contributed by atoms with Crippen LogP contribution in [0, 0.1) is 0 Å². The third kappa shape index (κ3) is 1.89. The minimum Gasteiger partial charge on any atom is -0.122 e. The molecular weight excluding hydrogens is 356 g/mol. The fraction of sp³-hybridized carbons (Fsp3) is 0.259. The molecule has 0 saturated carbocycles. The van der Waals surface area contributed by atoms with Gasteiger partial charge in [-0.15, -0.1) is 11.8 Å². The van der Waals surface area contributed by atoms with Gasteiger partial charge in [-0.3, -0.25) is 0 Å². The van der Waals surface area contributed by atoms with Gasteiger partial charge < -0.3 is 0 Å². The van der Waals surface area contributed by atoms with Crippen LogP contribution < -0.4 is 0 Å². The molecule has 7 rings (SSSR count). The van der Waals surface area contributed by atoms with Gasteiger partial charge in [-0.2, -0.15) is 0 Å². The van der Waals surface area contributed by atoms with Crippen molar-refractivity contribution in [3.05, 3.63) is 76.2 Å². The van der Waals surface area contributed by atoms with Gasteiger partial charge >= 0.3 is 0 Å². The second-order valence-corrected chi connectivity index (χ2v) is 10.1. The van der Waals surface area contributed by atoms with E-state index in [9.17, 15) is 0 Å². The van der Waals surface area contributed by atoms with E-state index in [1.54, 1.807) is 22.1 Å². The van der Waals surface area contributed by atoms with E-state index in [2.05, 4.69) is 73.3 Å². The molecule has 0 nitrogen and oxygen atoms in total. The van der Waals surface area contributed by atoms with Gasteiger partial charge in [0.25, 0.3) is 0 Å². The minimum atomic E-state index is 0.566. The number of allylic oxidation sites excluding steroid dienone is 4. The van der Waals surface area contributed by atoms with Crippen molar-refractivity contribution in [1.82, 2.24) is 0 Å². The summed E-state index contributed by atoms with van der Waals surface area (Å²) in [6, 6.07) is 16.9. The summed E-state index contributed by atoms with van der Waals surface area (Å²) in [5.41, 5.74) is 11.9. The Balaban J connectivity index is 1.48. The van der Waals surface area contributed by atoms with Crippen molar-refractivity contribution >= 4 is 28.1 Å². The number of hydrogen-bond acceptors (Lipinski definition) is 1. The third-order valence-corrected chi connectivity index (χ3v) is 8.51. The maximum atomic E-state index is 2.49. The number of benzene rings is 3. The largest absolute Gasteiger partial charge is 0.122 e. The molecule has 0 spiro atoms. The van der Waals surface area contributed by atoms with Crippen LogP contribution in [0.3, 0.4) is 0 Å². The van der Waals surface area contributed by atoms with Gasteiger partial charge in [-0.05, 0) is 98.9 Å². The molecule has 0 saturated heterocycles. The van der Waals surface area contributed by atoms with Gasteiger partial charge in [0.1, 0.15) is 0 Å². The summed E-state index contributed by atoms with van der Waals surface area (Å²) in [4.78, 5) is 1.48. The Morgan fingerprint density at radius 1 is 0.821 bits per heavy atom. The molecule has 3 aromatic rings. The number of rotatable bonds is 1. The average Bonchev–Trinajstić information content (AvgIpc) is 3.36. The van der Waals surface area contributed by atoms with Crippen LogP contribution in [0.25, 0.3) is 38.6 Å². The first-order valence-corrected chi connectivity index (χ1v) is 11.5. The van der Waals surface area contributed by atoms with E-state index >= 15 is 0 Å². The van der Waals surface area contributed by atoms with Crippen LogP contribution in [-0.2, 0) is 0 Å². The maximum Gasteiger partial charge on any atom is 0.0451 e. The van der Waals surface area contributed by atoms with Crippen molar-refractivity contribution in [2.75, 3.05) is 0 Å². The second kappa shape index (κ2) is 5.42. The second-order valence-electron chi connectivity index (χ2n) is 8.73. The predicted molar refractivity (Wildman–Crippen MR) is 122 cm³/mol. The van der Waals surface area contributed by atoms with Gasteiger partial charge in [0.15, 0.2) is 0 Å². The van der Waals surface area contributed by atoms with Crippen molar-refractivity contribution < 1.29 is 0 Å². The molecular formula is C27H22S. The number of fused-ring (bicyclic) bond motifs is 6. The van der Waals surface area contributed by atoms with Crippen LogP contribution >= 0.6 is 11.8 Å². The molecule has 3 aliphatic carbocycles. The molecule has 1 aliphatic heterocycles. The molecule has 28 heavy (non-hydrogen) atoms. The Labute approximate surface area is 170 Å². The Morgan fingerprint density at radius 2 is 1.64 bits per heavy atom. The maximum absolute atomic E-state index is 2.49. The summed E-state index contributed by atoms with van der Waals surface area (Å²) in [7, 11) is 0. The summed E-state index contributed by atoms with van der Waals surface area (Å²) in [5.74, 6) is 0.566. The quantitative estimate of drug-likeness (QED) is 0.321. The first-order chi connectivity index (χ1) is 13.8. The van der Waals surface area contributed by atoms with Crippen molar-refractivity contribution in [3.8, 4) is 22.3 Å². The van der Waals surface area contributed by atoms with Gasteiger partial charge in [-0.1, -0.05) is 48.6 Å². The Kier molecular flexibility index (Phi) is 3.03. The van der Waals surface area contributed by atoms with Crippen LogP contribution in [-0.4, -0.2) is 0 Å². The smallest absolute Gasteiger partial charge is 0.0451 e. The van der Waals surface area contributed by atoms with Crippen LogP contribution in [0.1, 0.15) is 60.5 Å². The lowest BCUT2D eigenvalue weighted by Crippen LogP contribution is -1.93. The lowest BCUT2D eigenvalue weighted by atomic mass is 9.91. The zero-order valence-corrected chi connectivity index (χ0v) is 16.9. The summed E-state index contributed by atoms with van der Waals surface area (Å²) in [6.45, 7) is 2.26. The molecule has 2 unspecified atom stereocenters. The van der Waals surface area contributed by atoms with Gasteiger partial charge in [0, 0.05) is 11.2 Å². The number of thioether (sulfide) groups is 1. The first-order valence-electron chi connectivity index (χ1n) is 10.6. The molecule has 2 atom stereocenters. The predicted octanol–water partition coefficient (Wildman–Crippen LogP) is 8.23. The Bertz CT molecular complexity index is 1260. The SMILES string of the molecule is CC1=CC2c3ccc4c5c(ccc(c35)C2S1)-c1ccc(C2=CCCCC2)cc1-4. The molecule has 0 N–H and O–H groups in total. The highest BCUT2D eigenvalue weighted by Crippen LogP contribution is 2.62. The molecule has 0 amide bonds. The number of hydrogen-bond donors (Lipinski definition) is 0. The van der Waals surface area contributed by atoms with Gasteiger partial charge in [0.05, 0.1) is 0 Å². The molecule has 0 bridgehead atoms. The molecule has 3 aromatic carbocycles. The van der Waals surface area contributed by atoms with Crippen molar-refractivity contribution in [2.45, 2.75) is 43.8 Å². The van der Waals surface area contributed by atoms with Gasteiger partial charge in [0.2, 0.25) is 0 Å². The average molecular weight is 379 g/mol. The van der Waals surface area contributed by atoms with Crippen LogP contribution in [0.15, 0.2) is 59.5 Å². The lowest BCUT2D eigenvalue weighted by Gasteiger charge is -2.14. The van der Waals surface area contributed by atoms with Crippen molar-refractivity contribution in [2.24, 2.45) is 0 Å². The highest BCUT2D eigenvalue weighted by atomic mass is 32.2. The third-order valence-electron chi connectivity index (χ3n) is 7.21. The van der Waals surface area contributed by atoms with Crippen LogP contribution in [0.5, 0.6) is 0 Å². The topological polar surface area (TPSA) is 0 Å². The van der Waals surface area contributed by atoms with Crippen LogP contribution in [0.4, 0.5) is 0 Å². The van der Waals surface area contributed by atoms with E-state index < -0.39 is 0 Å². The van der Waals surface area contributed by atoms with E-state index in [4.69, 9.17) is 0 Å². The molecule has 0 radical (unpaired) electrons. The molecule has 0 aromatic heterocycles. The lowest BCUT2D eigenvalue weighted by molar-refractivity contribution is 0.742. The summed E-state index contributed by atoms with van der Waals surface area (Å²) < 4.78 is 0. The molecule has 1 heteroatoms. The zero-order valence-electron chi connectivity index (χ0n) is 16.1. The summed E-state index contributed by atoms with van der Waals surface area (Å²) in [5, 5.41) is 3.66. The van der Waals surface area contributed by atoms with E-state index in [0.29, 0.717) is 11.2 Å². The van der Waals surface area contributed by atoms with Crippen LogP contribution in [0.2, 0.25) is 0 Å². The standard InChI is InChI=1S/C27H22S/c1-15-13-24-21-10-9-20-23-14-17(16-5-3-2-4-6-16)7-8-18(23)19-11-12-22(27(24)28-15)26(21)25(19)20/h5,7-14,24,27H,2-4,6H2,1H3. The molecule has 136 valence electrons. The Hall–Kier alpha value is -2.25. The highest BCUT2D eigenvalue weighted by Gasteiger charge is 2.39.